The Morgan fingerprint density at radius 1 is 1.33 bits per heavy atom. The standard InChI is InChI=1S/C17H15F3N2O5/c1-27-15(25)5-3-10-2-4-11(17(18,19)20)8-12(10)21-13-9-14(24)22(6-7-23)16(13)26/h2-5,8-9,21,23H,6-7H2,1H3. The van der Waals surface area contributed by atoms with Gasteiger partial charge in [0.15, 0.2) is 0 Å². The molecule has 0 aliphatic carbocycles. The lowest BCUT2D eigenvalue weighted by Crippen LogP contribution is -2.34. The third kappa shape index (κ3) is 4.73. The molecule has 0 fully saturated rings. The van der Waals surface area contributed by atoms with E-state index in [1.54, 1.807) is 0 Å². The van der Waals surface area contributed by atoms with E-state index in [-0.39, 0.29) is 23.5 Å². The van der Waals surface area contributed by atoms with Crippen molar-refractivity contribution in [1.29, 1.82) is 0 Å². The van der Waals surface area contributed by atoms with E-state index in [4.69, 9.17) is 5.11 Å². The molecule has 0 atom stereocenters. The Balaban J connectivity index is 2.39. The van der Waals surface area contributed by atoms with E-state index in [0.717, 1.165) is 42.4 Å². The van der Waals surface area contributed by atoms with Gasteiger partial charge in [-0.25, -0.2) is 4.79 Å². The maximum absolute atomic E-state index is 13.0. The van der Waals surface area contributed by atoms with Crippen LogP contribution in [0.1, 0.15) is 11.1 Å². The highest BCUT2D eigenvalue weighted by Crippen LogP contribution is 2.33. The van der Waals surface area contributed by atoms with E-state index in [1.807, 2.05) is 0 Å². The van der Waals surface area contributed by atoms with Crippen LogP contribution in [0.3, 0.4) is 0 Å². The Labute approximate surface area is 151 Å². The van der Waals surface area contributed by atoms with Crippen molar-refractivity contribution in [2.45, 2.75) is 6.18 Å². The van der Waals surface area contributed by atoms with E-state index in [2.05, 4.69) is 10.1 Å². The average molecular weight is 384 g/mol. The van der Waals surface area contributed by atoms with E-state index < -0.39 is 36.1 Å². The van der Waals surface area contributed by atoms with E-state index in [9.17, 15) is 27.6 Å². The molecule has 7 nitrogen and oxygen atoms in total. The number of ether oxygens (including phenoxy) is 1. The SMILES string of the molecule is COC(=O)C=Cc1ccc(C(F)(F)F)cc1NC1=CC(=O)N(CCO)C1=O. The second-order valence-corrected chi connectivity index (χ2v) is 5.36. The summed E-state index contributed by atoms with van der Waals surface area (Å²) in [4.78, 5) is 35.9. The lowest BCUT2D eigenvalue weighted by atomic mass is 10.1. The van der Waals surface area contributed by atoms with Gasteiger partial charge < -0.3 is 15.2 Å². The lowest BCUT2D eigenvalue weighted by Gasteiger charge is -2.16. The van der Waals surface area contributed by atoms with Gasteiger partial charge in [-0.05, 0) is 23.8 Å². The number of aliphatic hydroxyl groups excluding tert-OH is 1. The van der Waals surface area contributed by atoms with Crippen LogP contribution in [0.25, 0.3) is 6.08 Å². The van der Waals surface area contributed by atoms with Crippen LogP contribution in [0.4, 0.5) is 18.9 Å². The average Bonchev–Trinajstić information content (AvgIpc) is 2.87. The number of methoxy groups -OCH3 is 1. The van der Waals surface area contributed by atoms with E-state index in [1.165, 1.54) is 6.08 Å². The number of benzene rings is 1. The number of anilines is 1. The van der Waals surface area contributed by atoms with Crippen LogP contribution in [0.15, 0.2) is 36.0 Å². The molecule has 1 aliphatic rings. The van der Waals surface area contributed by atoms with Crippen LogP contribution >= 0.6 is 0 Å². The number of rotatable bonds is 6. The van der Waals surface area contributed by atoms with E-state index in [0.29, 0.717) is 0 Å². The van der Waals surface area contributed by atoms with Crippen LogP contribution in [0.5, 0.6) is 0 Å². The molecule has 0 spiro atoms. The molecule has 1 aromatic rings. The van der Waals surface area contributed by atoms with Gasteiger partial charge in [-0.2, -0.15) is 13.2 Å². The summed E-state index contributed by atoms with van der Waals surface area (Å²) in [5.41, 5.74) is -1.20. The second-order valence-electron chi connectivity index (χ2n) is 5.36. The summed E-state index contributed by atoms with van der Waals surface area (Å²) in [5, 5.41) is 11.4. The largest absolute Gasteiger partial charge is 0.466 e. The van der Waals surface area contributed by atoms with Crippen molar-refractivity contribution < 1.29 is 37.4 Å². The molecular weight excluding hydrogens is 369 g/mol. The van der Waals surface area contributed by atoms with Crippen LogP contribution < -0.4 is 5.32 Å². The maximum Gasteiger partial charge on any atom is 0.416 e. The Bertz CT molecular complexity index is 830. The Hall–Kier alpha value is -3.14. The third-order valence-electron chi connectivity index (χ3n) is 3.58. The van der Waals surface area contributed by atoms with Gasteiger partial charge in [0.25, 0.3) is 11.8 Å². The number of nitrogens with zero attached hydrogens (tertiary/aromatic N) is 1. The minimum atomic E-state index is -4.63. The highest BCUT2D eigenvalue weighted by Gasteiger charge is 2.33. The Morgan fingerprint density at radius 3 is 2.63 bits per heavy atom. The van der Waals surface area contributed by atoms with Gasteiger partial charge in [0.05, 0.1) is 25.8 Å². The van der Waals surface area contributed by atoms with Gasteiger partial charge in [-0.1, -0.05) is 6.07 Å². The molecule has 0 saturated carbocycles. The van der Waals surface area contributed by atoms with E-state index >= 15 is 0 Å². The minimum Gasteiger partial charge on any atom is -0.466 e. The zero-order valence-corrected chi connectivity index (χ0v) is 14.0. The van der Waals surface area contributed by atoms with Crippen LogP contribution in [0.2, 0.25) is 0 Å². The molecule has 0 bridgehead atoms. The van der Waals surface area contributed by atoms with Crippen LogP contribution in [-0.4, -0.2) is 48.1 Å². The summed E-state index contributed by atoms with van der Waals surface area (Å²) in [6, 6.07) is 2.68. The topological polar surface area (TPSA) is 95.9 Å². The summed E-state index contributed by atoms with van der Waals surface area (Å²) < 4.78 is 43.4. The molecule has 2 rings (SSSR count). The number of alkyl halides is 3. The molecule has 0 saturated heterocycles. The van der Waals surface area contributed by atoms with Gasteiger partial charge in [0.1, 0.15) is 5.70 Å². The normalized spacial score (nSPS) is 14.7. The number of esters is 1. The fourth-order valence-corrected chi connectivity index (χ4v) is 2.27. The summed E-state index contributed by atoms with van der Waals surface area (Å²) >= 11 is 0. The predicted molar refractivity (Wildman–Crippen MR) is 88.0 cm³/mol. The monoisotopic (exact) mass is 384 g/mol. The molecule has 144 valence electrons. The number of imide groups is 1. The fourth-order valence-electron chi connectivity index (χ4n) is 2.27. The van der Waals surface area contributed by atoms with Crippen molar-refractivity contribution in [3.63, 3.8) is 0 Å². The van der Waals surface area contributed by atoms with Gasteiger partial charge in [0.2, 0.25) is 0 Å². The third-order valence-corrected chi connectivity index (χ3v) is 3.58. The number of halogens is 3. The van der Waals surface area contributed by atoms with Crippen molar-refractivity contribution in [2.75, 3.05) is 25.6 Å². The van der Waals surface area contributed by atoms with Gasteiger partial charge in [-0.15, -0.1) is 0 Å². The number of β-amino-alcohol motifs (C(OH)–C–C–N with tert-alkyl or cyclic N) is 1. The molecule has 1 heterocycles. The number of nitrogens with one attached hydrogen (secondary N) is 1. The number of carbonyl (C=O) groups excluding carboxylic acids is 3. The summed E-state index contributed by atoms with van der Waals surface area (Å²) in [6.45, 7) is -0.688. The van der Waals surface area contributed by atoms with Crippen LogP contribution in [0, 0.1) is 0 Å². The van der Waals surface area contributed by atoms with Crippen molar-refractivity contribution in [3.05, 3.63) is 47.2 Å². The molecule has 10 heteroatoms. The Morgan fingerprint density at radius 2 is 2.04 bits per heavy atom. The second kappa shape index (κ2) is 8.04. The Kier molecular flexibility index (Phi) is 6.01. The first-order valence-electron chi connectivity index (χ1n) is 7.60. The molecule has 2 N–H and O–H groups in total. The smallest absolute Gasteiger partial charge is 0.416 e. The number of aliphatic hydroxyl groups is 1. The molecule has 0 radical (unpaired) electrons. The molecule has 0 aromatic heterocycles. The zero-order valence-electron chi connectivity index (χ0n) is 14.0. The number of carbonyl (C=O) groups is 3. The summed E-state index contributed by atoms with van der Waals surface area (Å²) in [5.74, 6) is -2.20. The van der Waals surface area contributed by atoms with Crippen LogP contribution in [-0.2, 0) is 25.3 Å². The molecule has 1 aromatic carbocycles. The van der Waals surface area contributed by atoms with Gasteiger partial charge in [0, 0.05) is 17.8 Å². The minimum absolute atomic E-state index is 0.136. The molecule has 27 heavy (non-hydrogen) atoms. The molecule has 1 aliphatic heterocycles. The molecular formula is C17H15F3N2O5. The summed E-state index contributed by atoms with van der Waals surface area (Å²) in [7, 11) is 1.14. The van der Waals surface area contributed by atoms with Crippen molar-refractivity contribution in [2.24, 2.45) is 0 Å². The molecule has 0 unspecified atom stereocenters. The number of amides is 2. The first-order valence-corrected chi connectivity index (χ1v) is 7.60. The zero-order chi connectivity index (χ0) is 20.2. The molecule has 2 amide bonds. The van der Waals surface area contributed by atoms with Gasteiger partial charge in [-0.3, -0.25) is 14.5 Å². The number of hydrogen-bond donors (Lipinski definition) is 2. The van der Waals surface area contributed by atoms with Crippen molar-refractivity contribution >= 4 is 29.5 Å². The fraction of sp³-hybridized carbons (Fsp3) is 0.235. The van der Waals surface area contributed by atoms with Crippen molar-refractivity contribution in [3.8, 4) is 0 Å². The van der Waals surface area contributed by atoms with Gasteiger partial charge >= 0.3 is 12.1 Å². The highest BCUT2D eigenvalue weighted by atomic mass is 19.4. The highest BCUT2D eigenvalue weighted by molar-refractivity contribution is 6.17. The van der Waals surface area contributed by atoms with Crippen molar-refractivity contribution in [1.82, 2.24) is 4.90 Å². The maximum atomic E-state index is 13.0. The predicted octanol–water partition coefficient (Wildman–Crippen LogP) is 1.55. The summed E-state index contributed by atoms with van der Waals surface area (Å²) in [6.07, 6.45) is -1.50. The first kappa shape index (κ1) is 20.2. The number of hydrogen-bond acceptors (Lipinski definition) is 6. The lowest BCUT2D eigenvalue weighted by molar-refractivity contribution is -0.138. The quantitative estimate of drug-likeness (QED) is 0.439. The first-order chi connectivity index (χ1) is 12.7.